The van der Waals surface area contributed by atoms with Crippen LogP contribution in [0.1, 0.15) is 39.5 Å². The Bertz CT molecular complexity index is 351. The fourth-order valence-electron chi connectivity index (χ4n) is 2.23. The Morgan fingerprint density at radius 2 is 1.94 bits per heavy atom. The van der Waals surface area contributed by atoms with E-state index in [9.17, 15) is 8.42 Å². The Hall–Kier alpha value is -0.600. The van der Waals surface area contributed by atoms with E-state index in [1.807, 2.05) is 19.9 Å². The van der Waals surface area contributed by atoms with Crippen molar-refractivity contribution in [3.8, 4) is 6.07 Å². The largest absolute Gasteiger partial charge is 0.215 e. The van der Waals surface area contributed by atoms with Crippen molar-refractivity contribution >= 4 is 10.0 Å². The molecule has 0 atom stereocenters. The summed E-state index contributed by atoms with van der Waals surface area (Å²) in [7, 11) is -3.26. The molecule has 0 N–H and O–H groups in total. The standard InChI is InChI=1S/C11H20N2O2S/c1-10(2)9-16(14,15)13(8-7-12)11-5-3-4-6-11/h10-11H,3-6,8-9H2,1-2H3. The van der Waals surface area contributed by atoms with Crippen LogP contribution in [0.4, 0.5) is 0 Å². The quantitative estimate of drug-likeness (QED) is 0.692. The lowest BCUT2D eigenvalue weighted by Gasteiger charge is -2.26. The summed E-state index contributed by atoms with van der Waals surface area (Å²) in [6.07, 6.45) is 3.95. The van der Waals surface area contributed by atoms with E-state index in [1.165, 1.54) is 4.31 Å². The molecule has 0 unspecified atom stereocenters. The van der Waals surface area contributed by atoms with Gasteiger partial charge in [0.1, 0.15) is 6.54 Å². The number of nitriles is 1. The summed E-state index contributed by atoms with van der Waals surface area (Å²) in [5.41, 5.74) is 0. The number of hydrogen-bond acceptors (Lipinski definition) is 3. The van der Waals surface area contributed by atoms with Crippen molar-refractivity contribution in [2.75, 3.05) is 12.3 Å². The second-order valence-electron chi connectivity index (χ2n) is 4.81. The molecule has 0 bridgehead atoms. The number of nitrogens with zero attached hydrogens (tertiary/aromatic N) is 2. The normalized spacial score (nSPS) is 18.2. The van der Waals surface area contributed by atoms with E-state index in [4.69, 9.17) is 5.26 Å². The van der Waals surface area contributed by atoms with Crippen LogP contribution in [0.25, 0.3) is 0 Å². The summed E-state index contributed by atoms with van der Waals surface area (Å²) in [5.74, 6) is 0.248. The van der Waals surface area contributed by atoms with Gasteiger partial charge in [0.15, 0.2) is 0 Å². The molecule has 1 rings (SSSR count). The van der Waals surface area contributed by atoms with E-state index in [2.05, 4.69) is 0 Å². The second kappa shape index (κ2) is 5.65. The highest BCUT2D eigenvalue weighted by atomic mass is 32.2. The van der Waals surface area contributed by atoms with Crippen molar-refractivity contribution in [3.63, 3.8) is 0 Å². The van der Waals surface area contributed by atoms with Crippen LogP contribution in [0, 0.1) is 17.2 Å². The minimum atomic E-state index is -3.26. The van der Waals surface area contributed by atoms with Gasteiger partial charge in [-0.3, -0.25) is 0 Å². The van der Waals surface area contributed by atoms with Crippen LogP contribution in [0.3, 0.4) is 0 Å². The molecule has 0 spiro atoms. The highest BCUT2D eigenvalue weighted by molar-refractivity contribution is 7.89. The molecule has 5 heteroatoms. The van der Waals surface area contributed by atoms with Crippen molar-refractivity contribution in [1.29, 1.82) is 5.26 Å². The molecule has 1 aliphatic carbocycles. The van der Waals surface area contributed by atoms with Gasteiger partial charge in [-0.25, -0.2) is 8.42 Å². The van der Waals surface area contributed by atoms with Crippen LogP contribution in [0.15, 0.2) is 0 Å². The number of sulfonamides is 1. The molecular formula is C11H20N2O2S. The Morgan fingerprint density at radius 1 is 1.38 bits per heavy atom. The van der Waals surface area contributed by atoms with Crippen LogP contribution in [-0.2, 0) is 10.0 Å². The molecule has 1 fully saturated rings. The molecule has 16 heavy (non-hydrogen) atoms. The van der Waals surface area contributed by atoms with Gasteiger partial charge in [-0.15, -0.1) is 0 Å². The zero-order valence-electron chi connectivity index (χ0n) is 10.0. The molecule has 0 aromatic rings. The lowest BCUT2D eigenvalue weighted by molar-refractivity contribution is 0.348. The number of hydrogen-bond donors (Lipinski definition) is 0. The average molecular weight is 244 g/mol. The SMILES string of the molecule is CC(C)CS(=O)(=O)N(CC#N)C1CCCC1. The van der Waals surface area contributed by atoms with E-state index >= 15 is 0 Å². The van der Waals surface area contributed by atoms with Gasteiger partial charge in [-0.05, 0) is 18.8 Å². The first kappa shape index (κ1) is 13.5. The molecule has 0 aromatic carbocycles. The molecular weight excluding hydrogens is 224 g/mol. The van der Waals surface area contributed by atoms with Crippen molar-refractivity contribution in [2.45, 2.75) is 45.6 Å². The van der Waals surface area contributed by atoms with Crippen molar-refractivity contribution in [3.05, 3.63) is 0 Å². The molecule has 0 saturated heterocycles. The summed E-state index contributed by atoms with van der Waals surface area (Å²) in [5, 5.41) is 8.74. The Morgan fingerprint density at radius 3 is 2.38 bits per heavy atom. The van der Waals surface area contributed by atoms with Crippen molar-refractivity contribution in [1.82, 2.24) is 4.31 Å². The van der Waals surface area contributed by atoms with Gasteiger partial charge >= 0.3 is 0 Å². The van der Waals surface area contributed by atoms with Crippen LogP contribution >= 0.6 is 0 Å². The molecule has 1 saturated carbocycles. The minimum Gasteiger partial charge on any atom is -0.212 e. The predicted molar refractivity (Wildman–Crippen MR) is 63.2 cm³/mol. The molecule has 92 valence electrons. The summed E-state index contributed by atoms with van der Waals surface area (Å²) >= 11 is 0. The maximum Gasteiger partial charge on any atom is 0.215 e. The molecule has 0 heterocycles. The zero-order valence-corrected chi connectivity index (χ0v) is 10.8. The third kappa shape index (κ3) is 3.46. The summed E-state index contributed by atoms with van der Waals surface area (Å²) in [6, 6.07) is 2.03. The minimum absolute atomic E-state index is 0.000278. The summed E-state index contributed by atoms with van der Waals surface area (Å²) < 4.78 is 25.6. The molecule has 0 amide bonds. The highest BCUT2D eigenvalue weighted by Gasteiger charge is 2.31. The monoisotopic (exact) mass is 244 g/mol. The lowest BCUT2D eigenvalue weighted by Crippen LogP contribution is -2.41. The fraction of sp³-hybridized carbons (Fsp3) is 0.909. The smallest absolute Gasteiger partial charge is 0.212 e. The molecule has 0 aliphatic heterocycles. The van der Waals surface area contributed by atoms with Crippen LogP contribution in [0.2, 0.25) is 0 Å². The van der Waals surface area contributed by atoms with E-state index in [0.29, 0.717) is 0 Å². The van der Waals surface area contributed by atoms with Gasteiger partial charge in [0.2, 0.25) is 10.0 Å². The maximum absolute atomic E-state index is 12.1. The molecule has 1 aliphatic rings. The number of rotatable bonds is 5. The molecule has 0 radical (unpaired) electrons. The van der Waals surface area contributed by atoms with Crippen LogP contribution < -0.4 is 0 Å². The lowest BCUT2D eigenvalue weighted by atomic mass is 10.2. The van der Waals surface area contributed by atoms with E-state index in [1.54, 1.807) is 0 Å². The van der Waals surface area contributed by atoms with Gasteiger partial charge in [-0.1, -0.05) is 26.7 Å². The highest BCUT2D eigenvalue weighted by Crippen LogP contribution is 2.26. The Labute approximate surface area is 98.3 Å². The topological polar surface area (TPSA) is 61.2 Å². The first-order chi connectivity index (χ1) is 7.47. The third-order valence-electron chi connectivity index (χ3n) is 2.86. The van der Waals surface area contributed by atoms with E-state index in [0.717, 1.165) is 25.7 Å². The van der Waals surface area contributed by atoms with Crippen molar-refractivity contribution in [2.24, 2.45) is 5.92 Å². The first-order valence-corrected chi connectivity index (χ1v) is 7.44. The summed E-state index contributed by atoms with van der Waals surface area (Å²) in [4.78, 5) is 0. The Balaban J connectivity index is 2.80. The third-order valence-corrected chi connectivity index (χ3v) is 5.09. The summed E-state index contributed by atoms with van der Waals surface area (Å²) in [6.45, 7) is 3.77. The van der Waals surface area contributed by atoms with Gasteiger partial charge in [0.05, 0.1) is 11.8 Å². The van der Waals surface area contributed by atoms with Crippen molar-refractivity contribution < 1.29 is 8.42 Å². The van der Waals surface area contributed by atoms with Gasteiger partial charge in [0, 0.05) is 6.04 Å². The van der Waals surface area contributed by atoms with E-state index in [-0.39, 0.29) is 24.3 Å². The predicted octanol–water partition coefficient (Wildman–Crippen LogP) is 1.74. The first-order valence-electron chi connectivity index (χ1n) is 5.84. The Kier molecular flexibility index (Phi) is 4.75. The molecule has 4 nitrogen and oxygen atoms in total. The van der Waals surface area contributed by atoms with E-state index < -0.39 is 10.0 Å². The van der Waals surface area contributed by atoms with Gasteiger partial charge in [0.25, 0.3) is 0 Å². The van der Waals surface area contributed by atoms with Gasteiger partial charge < -0.3 is 0 Å². The second-order valence-corrected chi connectivity index (χ2v) is 6.78. The zero-order chi connectivity index (χ0) is 12.2. The van der Waals surface area contributed by atoms with Crippen LogP contribution in [0.5, 0.6) is 0 Å². The fourth-order valence-corrected chi connectivity index (χ4v) is 4.19. The maximum atomic E-state index is 12.1. The van der Waals surface area contributed by atoms with Gasteiger partial charge in [-0.2, -0.15) is 9.57 Å². The average Bonchev–Trinajstić information content (AvgIpc) is 2.64. The molecule has 0 aromatic heterocycles. The van der Waals surface area contributed by atoms with Crippen LogP contribution in [-0.4, -0.2) is 31.1 Å².